The van der Waals surface area contributed by atoms with Crippen LogP contribution in [-0.4, -0.2) is 10.1 Å². The molecule has 0 atom stereocenters. The summed E-state index contributed by atoms with van der Waals surface area (Å²) in [7, 11) is 0. The Hall–Kier alpha value is -1.46. The van der Waals surface area contributed by atoms with E-state index in [0.717, 1.165) is 24.2 Å². The van der Waals surface area contributed by atoms with Crippen LogP contribution in [0, 0.1) is 6.92 Å². The van der Waals surface area contributed by atoms with E-state index in [4.69, 9.17) is 12.2 Å². The maximum atomic E-state index is 5.52. The van der Waals surface area contributed by atoms with Crippen molar-refractivity contribution >= 4 is 34.5 Å². The minimum atomic E-state index is 0.000928. The molecular weight excluding hydrogens is 298 g/mol. The molecule has 0 radical (unpaired) electrons. The molecule has 3 nitrogen and oxygen atoms in total. The van der Waals surface area contributed by atoms with Gasteiger partial charge in [-0.1, -0.05) is 25.0 Å². The zero-order valence-corrected chi connectivity index (χ0v) is 13.7. The van der Waals surface area contributed by atoms with Crippen molar-refractivity contribution in [2.24, 2.45) is 0 Å². The molecule has 1 aliphatic rings. The van der Waals surface area contributed by atoms with E-state index >= 15 is 0 Å². The maximum Gasteiger partial charge on any atom is 0.172 e. The zero-order valence-electron chi connectivity index (χ0n) is 12.1. The maximum absolute atomic E-state index is 5.52. The number of thiophene rings is 1. The predicted octanol–water partition coefficient (Wildman–Crippen LogP) is 4.21. The Labute approximate surface area is 134 Å². The Kier molecular flexibility index (Phi) is 4.22. The van der Waals surface area contributed by atoms with E-state index in [9.17, 15) is 0 Å². The third kappa shape index (κ3) is 3.09. The summed E-state index contributed by atoms with van der Waals surface area (Å²) < 4.78 is 0. The fraction of sp³-hybridized carbons (Fsp3) is 0.375. The summed E-state index contributed by atoms with van der Waals surface area (Å²) in [6.07, 6.45) is 6.54. The topological polar surface area (TPSA) is 37.0 Å². The third-order valence-corrected chi connectivity index (χ3v) is 5.32. The molecule has 2 aromatic heterocycles. The molecule has 0 amide bonds. The van der Waals surface area contributed by atoms with Gasteiger partial charge >= 0.3 is 0 Å². The summed E-state index contributed by atoms with van der Waals surface area (Å²) in [6, 6.07) is 8.28. The molecule has 1 aliphatic carbocycles. The Morgan fingerprint density at radius 2 is 2.10 bits per heavy atom. The van der Waals surface area contributed by atoms with Gasteiger partial charge < -0.3 is 10.6 Å². The summed E-state index contributed by atoms with van der Waals surface area (Å²) in [6.45, 7) is 2.03. The number of thiocarbonyl (C=S) groups is 1. The average molecular weight is 317 g/mol. The molecule has 3 rings (SSSR count). The van der Waals surface area contributed by atoms with E-state index in [-0.39, 0.29) is 5.54 Å². The molecule has 1 fully saturated rings. The van der Waals surface area contributed by atoms with Crippen LogP contribution in [0.5, 0.6) is 0 Å². The largest absolute Gasteiger partial charge is 0.352 e. The van der Waals surface area contributed by atoms with Crippen LogP contribution in [0.25, 0.3) is 0 Å². The van der Waals surface area contributed by atoms with Gasteiger partial charge in [0, 0.05) is 11.1 Å². The highest BCUT2D eigenvalue weighted by atomic mass is 32.1. The first-order chi connectivity index (χ1) is 10.2. The lowest BCUT2D eigenvalue weighted by Gasteiger charge is -2.31. The predicted molar refractivity (Wildman–Crippen MR) is 92.8 cm³/mol. The molecule has 1 saturated carbocycles. The summed E-state index contributed by atoms with van der Waals surface area (Å²) in [4.78, 5) is 5.72. The van der Waals surface area contributed by atoms with Crippen molar-refractivity contribution in [1.82, 2.24) is 10.3 Å². The number of anilines is 1. The monoisotopic (exact) mass is 317 g/mol. The normalized spacial score (nSPS) is 16.6. The van der Waals surface area contributed by atoms with Crippen LogP contribution in [0.15, 0.2) is 35.8 Å². The average Bonchev–Trinajstić information content (AvgIpc) is 3.12. The second kappa shape index (κ2) is 6.12. The Morgan fingerprint density at radius 3 is 2.76 bits per heavy atom. The summed E-state index contributed by atoms with van der Waals surface area (Å²) in [5.74, 6) is 0.828. The molecule has 0 spiro atoms. The van der Waals surface area contributed by atoms with Gasteiger partial charge in [0.15, 0.2) is 5.11 Å². The molecule has 0 bridgehead atoms. The van der Waals surface area contributed by atoms with E-state index in [0.29, 0.717) is 5.11 Å². The fourth-order valence-electron chi connectivity index (χ4n) is 2.94. The van der Waals surface area contributed by atoms with Crippen LogP contribution in [-0.2, 0) is 5.54 Å². The Balaban J connectivity index is 1.75. The molecule has 2 aromatic rings. The first-order valence-corrected chi connectivity index (χ1v) is 8.53. The van der Waals surface area contributed by atoms with Gasteiger partial charge in [-0.2, -0.15) is 0 Å². The SMILES string of the molecule is Cc1cccnc1NC(=S)NC1(c2cccs2)CCCC1. The van der Waals surface area contributed by atoms with Crippen LogP contribution in [0.4, 0.5) is 5.82 Å². The lowest BCUT2D eigenvalue weighted by Crippen LogP contribution is -2.45. The van der Waals surface area contributed by atoms with Gasteiger partial charge in [-0.15, -0.1) is 11.3 Å². The summed E-state index contributed by atoms with van der Waals surface area (Å²) in [5.41, 5.74) is 1.10. The van der Waals surface area contributed by atoms with Crippen molar-refractivity contribution in [1.29, 1.82) is 0 Å². The molecule has 2 heterocycles. The van der Waals surface area contributed by atoms with Gasteiger partial charge in [0.25, 0.3) is 0 Å². The summed E-state index contributed by atoms with van der Waals surface area (Å²) in [5, 5.41) is 9.59. The van der Waals surface area contributed by atoms with Gasteiger partial charge in [-0.05, 0) is 55.1 Å². The molecule has 0 saturated heterocycles. The number of aromatic nitrogens is 1. The number of hydrogen-bond donors (Lipinski definition) is 2. The highest BCUT2D eigenvalue weighted by Crippen LogP contribution is 2.40. The van der Waals surface area contributed by atoms with E-state index in [1.807, 2.05) is 19.1 Å². The van der Waals surface area contributed by atoms with Gasteiger partial charge in [-0.3, -0.25) is 0 Å². The molecule has 110 valence electrons. The van der Waals surface area contributed by atoms with Crippen LogP contribution in [0.2, 0.25) is 0 Å². The van der Waals surface area contributed by atoms with E-state index in [1.54, 1.807) is 17.5 Å². The van der Waals surface area contributed by atoms with Gasteiger partial charge in [0.1, 0.15) is 5.82 Å². The van der Waals surface area contributed by atoms with Crippen LogP contribution in [0.3, 0.4) is 0 Å². The number of hydrogen-bond acceptors (Lipinski definition) is 3. The number of nitrogens with zero attached hydrogens (tertiary/aromatic N) is 1. The quantitative estimate of drug-likeness (QED) is 0.832. The third-order valence-electron chi connectivity index (χ3n) is 4.04. The molecule has 2 N–H and O–H groups in total. The van der Waals surface area contributed by atoms with Gasteiger partial charge in [0.2, 0.25) is 0 Å². The molecule has 21 heavy (non-hydrogen) atoms. The lowest BCUT2D eigenvalue weighted by atomic mass is 9.96. The number of aryl methyl sites for hydroxylation is 1. The highest BCUT2D eigenvalue weighted by molar-refractivity contribution is 7.80. The van der Waals surface area contributed by atoms with Crippen molar-refractivity contribution < 1.29 is 0 Å². The van der Waals surface area contributed by atoms with Crippen LogP contribution >= 0.6 is 23.6 Å². The van der Waals surface area contributed by atoms with Crippen LogP contribution in [0.1, 0.15) is 36.1 Å². The van der Waals surface area contributed by atoms with Crippen LogP contribution < -0.4 is 10.6 Å². The molecule has 0 aromatic carbocycles. The molecule has 5 heteroatoms. The van der Waals surface area contributed by atoms with Crippen molar-refractivity contribution in [3.05, 3.63) is 46.3 Å². The Bertz CT molecular complexity index is 616. The lowest BCUT2D eigenvalue weighted by molar-refractivity contribution is 0.417. The van der Waals surface area contributed by atoms with E-state index in [2.05, 4.69) is 33.1 Å². The second-order valence-corrected chi connectivity index (χ2v) is 6.87. The van der Waals surface area contributed by atoms with E-state index < -0.39 is 0 Å². The fourth-order valence-corrected chi connectivity index (χ4v) is 4.17. The van der Waals surface area contributed by atoms with Crippen molar-refractivity contribution in [2.45, 2.75) is 38.1 Å². The van der Waals surface area contributed by atoms with Gasteiger partial charge in [-0.25, -0.2) is 4.98 Å². The molecule has 0 aliphatic heterocycles. The number of pyridine rings is 1. The van der Waals surface area contributed by atoms with Crippen molar-refractivity contribution in [3.8, 4) is 0 Å². The highest BCUT2D eigenvalue weighted by Gasteiger charge is 2.37. The van der Waals surface area contributed by atoms with Crippen molar-refractivity contribution in [2.75, 3.05) is 5.32 Å². The second-order valence-electron chi connectivity index (χ2n) is 5.51. The molecular formula is C16H19N3S2. The van der Waals surface area contributed by atoms with E-state index in [1.165, 1.54) is 17.7 Å². The minimum absolute atomic E-state index is 0.000928. The standard InChI is InChI=1S/C16H19N3S2/c1-12-6-4-10-17-14(12)18-15(20)19-16(8-2-3-9-16)13-7-5-11-21-13/h4-7,10-11H,2-3,8-9H2,1H3,(H2,17,18,19,20). The number of nitrogens with one attached hydrogen (secondary N) is 2. The zero-order chi connectivity index (χ0) is 14.7. The summed E-state index contributed by atoms with van der Waals surface area (Å²) >= 11 is 7.33. The minimum Gasteiger partial charge on any atom is -0.352 e. The Morgan fingerprint density at radius 1 is 1.29 bits per heavy atom. The smallest absolute Gasteiger partial charge is 0.172 e. The molecule has 0 unspecified atom stereocenters. The first kappa shape index (κ1) is 14.5. The van der Waals surface area contributed by atoms with Gasteiger partial charge in [0.05, 0.1) is 5.54 Å². The van der Waals surface area contributed by atoms with Crippen molar-refractivity contribution in [3.63, 3.8) is 0 Å². The number of rotatable bonds is 3. The first-order valence-electron chi connectivity index (χ1n) is 7.24.